The molecule has 0 rings (SSSR count). The van der Waals surface area contributed by atoms with E-state index in [2.05, 4.69) is 32.0 Å². The van der Waals surface area contributed by atoms with Gasteiger partial charge < -0.3 is 5.73 Å². The van der Waals surface area contributed by atoms with Crippen LogP contribution in [0.15, 0.2) is 0 Å². The minimum Gasteiger partial charge on any atom is -0.329 e. The molecule has 0 saturated heterocycles. The minimum atomic E-state index is -0.0494. The molecule has 2 heteroatoms. The Kier molecular flexibility index (Phi) is 4.96. The van der Waals surface area contributed by atoms with E-state index < -0.39 is 0 Å². The number of nitrogens with two attached hydrogens (primary N) is 1. The summed E-state index contributed by atoms with van der Waals surface area (Å²) in [5.74, 6) is 2.73. The van der Waals surface area contributed by atoms with E-state index in [1.807, 2.05) is 0 Å². The van der Waals surface area contributed by atoms with Gasteiger partial charge in [0.15, 0.2) is 0 Å². The fourth-order valence-corrected chi connectivity index (χ4v) is 1.02. The van der Waals surface area contributed by atoms with Gasteiger partial charge in [-0.05, 0) is 20.3 Å². The van der Waals surface area contributed by atoms with Crippen molar-refractivity contribution in [3.8, 4) is 12.3 Å². The highest BCUT2D eigenvalue weighted by molar-refractivity contribution is 5.01. The summed E-state index contributed by atoms with van der Waals surface area (Å²) in [6.45, 7) is 6.86. The highest BCUT2D eigenvalue weighted by Gasteiger charge is 2.18. The lowest BCUT2D eigenvalue weighted by Gasteiger charge is -2.28. The van der Waals surface area contributed by atoms with Crippen LogP contribution >= 0.6 is 0 Å². The van der Waals surface area contributed by atoms with Gasteiger partial charge in [-0.15, -0.1) is 6.42 Å². The van der Waals surface area contributed by atoms with Crippen LogP contribution in [0.1, 0.15) is 33.6 Å². The molecule has 0 aliphatic heterocycles. The molecule has 0 aromatic carbocycles. The van der Waals surface area contributed by atoms with Gasteiger partial charge in [-0.2, -0.15) is 0 Å². The quantitative estimate of drug-likeness (QED) is 0.604. The Morgan fingerprint density at radius 2 is 2.17 bits per heavy atom. The van der Waals surface area contributed by atoms with E-state index >= 15 is 0 Å². The summed E-state index contributed by atoms with van der Waals surface area (Å²) in [5.41, 5.74) is 5.52. The van der Waals surface area contributed by atoms with Crippen LogP contribution in [0.25, 0.3) is 0 Å². The molecule has 2 nitrogen and oxygen atoms in total. The fraction of sp³-hybridized carbons (Fsp3) is 0.800. The Labute approximate surface area is 75.9 Å². The van der Waals surface area contributed by atoms with Gasteiger partial charge in [-0.25, -0.2) is 0 Å². The molecule has 0 aliphatic carbocycles. The largest absolute Gasteiger partial charge is 0.329 e. The molecule has 0 heterocycles. The molecule has 12 heavy (non-hydrogen) atoms. The van der Waals surface area contributed by atoms with Crippen molar-refractivity contribution in [2.75, 3.05) is 6.54 Å². The standard InChI is InChI=1S/C10H20N2/c1-5-7-9(6-2)12-10(3,4)8-11/h2,9,12H,5,7-8,11H2,1,3-4H3. The van der Waals surface area contributed by atoms with Crippen molar-refractivity contribution >= 4 is 0 Å². The second kappa shape index (κ2) is 5.18. The van der Waals surface area contributed by atoms with Crippen molar-refractivity contribution < 1.29 is 0 Å². The molecular formula is C10H20N2. The molecule has 0 spiro atoms. The number of terminal acetylenes is 1. The van der Waals surface area contributed by atoms with Crippen molar-refractivity contribution in [1.29, 1.82) is 0 Å². The first-order chi connectivity index (χ1) is 5.55. The zero-order valence-electron chi connectivity index (χ0n) is 8.35. The molecule has 0 radical (unpaired) electrons. The third-order valence-corrected chi connectivity index (χ3v) is 1.85. The van der Waals surface area contributed by atoms with Crippen molar-refractivity contribution in [3.63, 3.8) is 0 Å². The number of hydrogen-bond donors (Lipinski definition) is 2. The summed E-state index contributed by atoms with van der Waals surface area (Å²) in [6.07, 6.45) is 7.48. The zero-order valence-corrected chi connectivity index (χ0v) is 8.35. The van der Waals surface area contributed by atoms with Crippen LogP contribution in [0, 0.1) is 12.3 Å². The van der Waals surface area contributed by atoms with Crippen molar-refractivity contribution in [1.82, 2.24) is 5.32 Å². The molecule has 1 atom stereocenters. The predicted molar refractivity (Wildman–Crippen MR) is 53.8 cm³/mol. The molecule has 0 aromatic heterocycles. The molecule has 0 amide bonds. The number of hydrogen-bond acceptors (Lipinski definition) is 2. The smallest absolute Gasteiger partial charge is 0.0691 e. The molecular weight excluding hydrogens is 148 g/mol. The molecule has 0 bridgehead atoms. The van der Waals surface area contributed by atoms with E-state index in [9.17, 15) is 0 Å². The summed E-state index contributed by atoms with van der Waals surface area (Å²) < 4.78 is 0. The Bertz CT molecular complexity index is 156. The van der Waals surface area contributed by atoms with E-state index in [1.54, 1.807) is 0 Å². The van der Waals surface area contributed by atoms with Gasteiger partial charge >= 0.3 is 0 Å². The van der Waals surface area contributed by atoms with Crippen LogP contribution in [0.5, 0.6) is 0 Å². The second-order valence-electron chi connectivity index (χ2n) is 3.74. The minimum absolute atomic E-state index is 0.0494. The lowest BCUT2D eigenvalue weighted by atomic mass is 10.0. The van der Waals surface area contributed by atoms with E-state index in [0.717, 1.165) is 12.8 Å². The van der Waals surface area contributed by atoms with Crippen molar-refractivity contribution in [2.45, 2.75) is 45.2 Å². The lowest BCUT2D eigenvalue weighted by Crippen LogP contribution is -2.50. The molecule has 70 valence electrons. The van der Waals surface area contributed by atoms with Crippen LogP contribution < -0.4 is 11.1 Å². The fourth-order valence-electron chi connectivity index (χ4n) is 1.02. The van der Waals surface area contributed by atoms with Gasteiger partial charge in [0, 0.05) is 12.1 Å². The summed E-state index contributed by atoms with van der Waals surface area (Å²) in [5, 5.41) is 3.33. The lowest BCUT2D eigenvalue weighted by molar-refractivity contribution is 0.363. The summed E-state index contributed by atoms with van der Waals surface area (Å²) in [7, 11) is 0. The molecule has 0 saturated carbocycles. The molecule has 3 N–H and O–H groups in total. The molecule has 1 unspecified atom stereocenters. The Balaban J connectivity index is 3.94. The average molecular weight is 168 g/mol. The van der Waals surface area contributed by atoms with Gasteiger partial charge in [-0.3, -0.25) is 5.32 Å². The summed E-state index contributed by atoms with van der Waals surface area (Å²) in [6, 6.07) is 0.161. The van der Waals surface area contributed by atoms with Crippen LogP contribution in [0.2, 0.25) is 0 Å². The molecule has 0 aromatic rings. The van der Waals surface area contributed by atoms with Gasteiger partial charge in [0.25, 0.3) is 0 Å². The third kappa shape index (κ3) is 4.38. The van der Waals surface area contributed by atoms with Crippen molar-refractivity contribution in [3.05, 3.63) is 0 Å². The monoisotopic (exact) mass is 168 g/mol. The van der Waals surface area contributed by atoms with Crippen LogP contribution in [0.3, 0.4) is 0 Å². The summed E-state index contributed by atoms with van der Waals surface area (Å²) in [4.78, 5) is 0. The van der Waals surface area contributed by atoms with Crippen molar-refractivity contribution in [2.24, 2.45) is 5.73 Å². The van der Waals surface area contributed by atoms with Gasteiger partial charge in [-0.1, -0.05) is 19.3 Å². The van der Waals surface area contributed by atoms with Crippen LogP contribution in [0.4, 0.5) is 0 Å². The number of nitrogens with one attached hydrogen (secondary N) is 1. The first kappa shape index (κ1) is 11.5. The Hall–Kier alpha value is -0.520. The van der Waals surface area contributed by atoms with Crippen LogP contribution in [-0.2, 0) is 0 Å². The number of rotatable bonds is 5. The van der Waals surface area contributed by atoms with E-state index in [1.165, 1.54) is 0 Å². The zero-order chi connectivity index (χ0) is 9.61. The predicted octanol–water partition coefficient (Wildman–Crippen LogP) is 1.12. The van der Waals surface area contributed by atoms with Gasteiger partial charge in [0.2, 0.25) is 0 Å². The van der Waals surface area contributed by atoms with E-state index in [0.29, 0.717) is 6.54 Å². The first-order valence-electron chi connectivity index (χ1n) is 4.49. The Morgan fingerprint density at radius 1 is 1.58 bits per heavy atom. The van der Waals surface area contributed by atoms with E-state index in [-0.39, 0.29) is 11.6 Å². The van der Waals surface area contributed by atoms with Gasteiger partial charge in [0.1, 0.15) is 0 Å². The van der Waals surface area contributed by atoms with E-state index in [4.69, 9.17) is 12.2 Å². The highest BCUT2D eigenvalue weighted by Crippen LogP contribution is 2.04. The molecule has 0 fully saturated rings. The third-order valence-electron chi connectivity index (χ3n) is 1.85. The molecule has 0 aliphatic rings. The maximum Gasteiger partial charge on any atom is 0.0691 e. The summed E-state index contributed by atoms with van der Waals surface area (Å²) >= 11 is 0. The maximum atomic E-state index is 5.57. The second-order valence-corrected chi connectivity index (χ2v) is 3.74. The maximum absolute atomic E-state index is 5.57. The average Bonchev–Trinajstić information content (AvgIpc) is 2.03. The highest BCUT2D eigenvalue weighted by atomic mass is 15.0. The van der Waals surface area contributed by atoms with Gasteiger partial charge in [0.05, 0.1) is 6.04 Å². The SMILES string of the molecule is C#CC(CCC)NC(C)(C)CN. The first-order valence-corrected chi connectivity index (χ1v) is 4.49. The van der Waals surface area contributed by atoms with Crippen LogP contribution in [-0.4, -0.2) is 18.1 Å². The topological polar surface area (TPSA) is 38.0 Å². The Morgan fingerprint density at radius 3 is 2.50 bits per heavy atom. The normalized spacial score (nSPS) is 13.9.